The lowest BCUT2D eigenvalue weighted by Crippen LogP contribution is -2.07. The first kappa shape index (κ1) is 17.1. The predicted octanol–water partition coefficient (Wildman–Crippen LogP) is 4.00. The van der Waals surface area contributed by atoms with Crippen LogP contribution in [0.4, 0.5) is 0 Å². The van der Waals surface area contributed by atoms with Crippen LogP contribution >= 0.6 is 11.3 Å². The van der Waals surface area contributed by atoms with Gasteiger partial charge in [0, 0.05) is 23.3 Å². The Balaban J connectivity index is 1.51. The number of methoxy groups -OCH3 is 1. The lowest BCUT2D eigenvalue weighted by Gasteiger charge is -2.03. The molecule has 1 aromatic carbocycles. The van der Waals surface area contributed by atoms with E-state index in [2.05, 4.69) is 9.97 Å². The molecule has 2 heterocycles. The first-order valence-corrected chi connectivity index (χ1v) is 8.80. The number of aromatic nitrogens is 2. The van der Waals surface area contributed by atoms with Gasteiger partial charge in [0.15, 0.2) is 5.69 Å². The standard InChI is InChI=1S/C19H18N2O3S/c1-23-16-8-6-15(7-9-16)18-21-17(13-25-18)19(22)24-11-3-5-14-4-2-10-20-12-14/h2,4,6-10,12-13H,3,5,11H2,1H3. The van der Waals surface area contributed by atoms with E-state index >= 15 is 0 Å². The summed E-state index contributed by atoms with van der Waals surface area (Å²) in [5, 5.41) is 2.51. The molecule has 0 bridgehead atoms. The molecule has 0 N–H and O–H groups in total. The normalized spacial score (nSPS) is 10.4. The van der Waals surface area contributed by atoms with E-state index in [1.165, 1.54) is 11.3 Å². The van der Waals surface area contributed by atoms with Gasteiger partial charge in [0.25, 0.3) is 0 Å². The van der Waals surface area contributed by atoms with Crippen LogP contribution in [0.3, 0.4) is 0 Å². The molecule has 0 atom stereocenters. The van der Waals surface area contributed by atoms with Gasteiger partial charge in [-0.1, -0.05) is 6.07 Å². The largest absolute Gasteiger partial charge is 0.497 e. The van der Waals surface area contributed by atoms with E-state index in [1.54, 1.807) is 18.7 Å². The van der Waals surface area contributed by atoms with Gasteiger partial charge in [0.05, 0.1) is 13.7 Å². The van der Waals surface area contributed by atoms with E-state index in [0.717, 1.165) is 34.7 Å². The number of thiazole rings is 1. The molecule has 25 heavy (non-hydrogen) atoms. The zero-order chi connectivity index (χ0) is 17.5. The molecule has 128 valence electrons. The van der Waals surface area contributed by atoms with Crippen LogP contribution in [0, 0.1) is 0 Å². The molecular formula is C19H18N2O3S. The summed E-state index contributed by atoms with van der Waals surface area (Å²) in [6.45, 7) is 0.364. The summed E-state index contributed by atoms with van der Waals surface area (Å²) in [7, 11) is 1.63. The second-order valence-corrected chi connectivity index (χ2v) is 6.23. The number of aryl methyl sites for hydroxylation is 1. The number of benzene rings is 1. The van der Waals surface area contributed by atoms with Crippen molar-refractivity contribution >= 4 is 17.3 Å². The first-order chi connectivity index (χ1) is 12.3. The average molecular weight is 354 g/mol. The molecule has 0 amide bonds. The van der Waals surface area contributed by atoms with Crippen LogP contribution in [0.15, 0.2) is 54.2 Å². The van der Waals surface area contributed by atoms with E-state index in [1.807, 2.05) is 42.6 Å². The molecule has 0 spiro atoms. The van der Waals surface area contributed by atoms with Crippen LogP contribution in [-0.4, -0.2) is 29.7 Å². The fourth-order valence-electron chi connectivity index (χ4n) is 2.29. The lowest BCUT2D eigenvalue weighted by atomic mass is 10.2. The Kier molecular flexibility index (Phi) is 5.74. The average Bonchev–Trinajstić information content (AvgIpc) is 3.16. The highest BCUT2D eigenvalue weighted by Crippen LogP contribution is 2.25. The third-order valence-electron chi connectivity index (χ3n) is 3.62. The number of pyridine rings is 1. The minimum absolute atomic E-state index is 0.345. The zero-order valence-corrected chi connectivity index (χ0v) is 14.7. The molecule has 0 unspecified atom stereocenters. The number of ether oxygens (including phenoxy) is 2. The van der Waals surface area contributed by atoms with Crippen LogP contribution in [-0.2, 0) is 11.2 Å². The van der Waals surface area contributed by atoms with E-state index in [9.17, 15) is 4.79 Å². The minimum Gasteiger partial charge on any atom is -0.497 e. The van der Waals surface area contributed by atoms with Crippen LogP contribution < -0.4 is 4.74 Å². The Morgan fingerprint density at radius 3 is 2.76 bits per heavy atom. The van der Waals surface area contributed by atoms with Crippen molar-refractivity contribution in [3.63, 3.8) is 0 Å². The van der Waals surface area contributed by atoms with Crippen LogP contribution in [0.2, 0.25) is 0 Å². The maximum Gasteiger partial charge on any atom is 0.357 e. The molecule has 0 saturated heterocycles. The Labute approximate surface area is 150 Å². The number of hydrogen-bond donors (Lipinski definition) is 0. The molecule has 5 nitrogen and oxygen atoms in total. The van der Waals surface area contributed by atoms with Crippen LogP contribution in [0.5, 0.6) is 5.75 Å². The first-order valence-electron chi connectivity index (χ1n) is 7.92. The maximum absolute atomic E-state index is 12.1. The predicted molar refractivity (Wildman–Crippen MR) is 96.9 cm³/mol. The Morgan fingerprint density at radius 2 is 2.04 bits per heavy atom. The van der Waals surface area contributed by atoms with Gasteiger partial charge in [-0.05, 0) is 48.7 Å². The van der Waals surface area contributed by atoms with Crippen molar-refractivity contribution in [2.24, 2.45) is 0 Å². The number of carbonyl (C=O) groups is 1. The monoisotopic (exact) mass is 354 g/mol. The summed E-state index contributed by atoms with van der Waals surface area (Å²) in [5.74, 6) is 0.399. The van der Waals surface area contributed by atoms with Gasteiger partial charge in [-0.2, -0.15) is 0 Å². The fourth-order valence-corrected chi connectivity index (χ4v) is 3.09. The van der Waals surface area contributed by atoms with Crippen molar-refractivity contribution in [1.29, 1.82) is 0 Å². The topological polar surface area (TPSA) is 61.3 Å². The third kappa shape index (κ3) is 4.64. The van der Waals surface area contributed by atoms with Crippen molar-refractivity contribution < 1.29 is 14.3 Å². The van der Waals surface area contributed by atoms with Crippen LogP contribution in [0.1, 0.15) is 22.5 Å². The van der Waals surface area contributed by atoms with E-state index < -0.39 is 0 Å². The van der Waals surface area contributed by atoms with E-state index in [0.29, 0.717) is 12.3 Å². The van der Waals surface area contributed by atoms with Crippen molar-refractivity contribution in [3.8, 4) is 16.3 Å². The molecule has 0 saturated carbocycles. The van der Waals surface area contributed by atoms with Gasteiger partial charge in [-0.25, -0.2) is 9.78 Å². The zero-order valence-electron chi connectivity index (χ0n) is 13.8. The second kappa shape index (κ2) is 8.39. The SMILES string of the molecule is COc1ccc(-c2nc(C(=O)OCCCc3cccnc3)cs2)cc1. The number of carbonyl (C=O) groups excluding carboxylic acids is 1. The van der Waals surface area contributed by atoms with Gasteiger partial charge in [-0.15, -0.1) is 11.3 Å². The summed E-state index contributed by atoms with van der Waals surface area (Å²) < 4.78 is 10.4. The van der Waals surface area contributed by atoms with Crippen LogP contribution in [0.25, 0.3) is 10.6 Å². The Bertz CT molecular complexity index is 816. The summed E-state index contributed by atoms with van der Waals surface area (Å²) in [4.78, 5) is 20.5. The Hall–Kier alpha value is -2.73. The molecule has 3 aromatic rings. The molecule has 0 aliphatic carbocycles. The van der Waals surface area contributed by atoms with Gasteiger partial charge < -0.3 is 9.47 Å². The molecule has 2 aromatic heterocycles. The smallest absolute Gasteiger partial charge is 0.357 e. The molecule has 0 fully saturated rings. The highest BCUT2D eigenvalue weighted by Gasteiger charge is 2.13. The fraction of sp³-hybridized carbons (Fsp3) is 0.211. The Morgan fingerprint density at radius 1 is 1.20 bits per heavy atom. The number of esters is 1. The van der Waals surface area contributed by atoms with Gasteiger partial charge in [0.2, 0.25) is 0 Å². The summed E-state index contributed by atoms with van der Waals surface area (Å²) in [6, 6.07) is 11.5. The summed E-state index contributed by atoms with van der Waals surface area (Å²) in [5.41, 5.74) is 2.42. The third-order valence-corrected chi connectivity index (χ3v) is 4.51. The summed E-state index contributed by atoms with van der Waals surface area (Å²) in [6.07, 6.45) is 5.15. The number of nitrogens with zero attached hydrogens (tertiary/aromatic N) is 2. The second-order valence-electron chi connectivity index (χ2n) is 5.37. The molecule has 0 radical (unpaired) electrons. The van der Waals surface area contributed by atoms with Gasteiger partial charge in [0.1, 0.15) is 10.8 Å². The number of rotatable bonds is 7. The van der Waals surface area contributed by atoms with E-state index in [4.69, 9.17) is 9.47 Å². The van der Waals surface area contributed by atoms with Gasteiger partial charge in [-0.3, -0.25) is 4.98 Å². The van der Waals surface area contributed by atoms with Gasteiger partial charge >= 0.3 is 5.97 Å². The van der Waals surface area contributed by atoms with Crippen molar-refractivity contribution in [3.05, 3.63) is 65.4 Å². The maximum atomic E-state index is 12.1. The highest BCUT2D eigenvalue weighted by molar-refractivity contribution is 7.13. The molecule has 3 rings (SSSR count). The molecule has 0 aliphatic heterocycles. The molecule has 6 heteroatoms. The summed E-state index contributed by atoms with van der Waals surface area (Å²) >= 11 is 1.42. The minimum atomic E-state index is -0.387. The quantitative estimate of drug-likeness (QED) is 0.474. The van der Waals surface area contributed by atoms with E-state index in [-0.39, 0.29) is 5.97 Å². The highest BCUT2D eigenvalue weighted by atomic mass is 32.1. The van der Waals surface area contributed by atoms with Crippen molar-refractivity contribution in [1.82, 2.24) is 9.97 Å². The number of hydrogen-bond acceptors (Lipinski definition) is 6. The van der Waals surface area contributed by atoms with Crippen molar-refractivity contribution in [2.75, 3.05) is 13.7 Å². The molecular weight excluding hydrogens is 336 g/mol. The van der Waals surface area contributed by atoms with Crippen molar-refractivity contribution in [2.45, 2.75) is 12.8 Å². The lowest BCUT2D eigenvalue weighted by molar-refractivity contribution is 0.0495. The molecule has 0 aliphatic rings.